The van der Waals surface area contributed by atoms with Crippen molar-refractivity contribution in [3.8, 4) is 0 Å². The van der Waals surface area contributed by atoms with Crippen molar-refractivity contribution in [2.24, 2.45) is 4.99 Å². The van der Waals surface area contributed by atoms with E-state index in [1.807, 2.05) is 24.3 Å². The topological polar surface area (TPSA) is 41.8 Å². The first-order chi connectivity index (χ1) is 5.40. The van der Waals surface area contributed by atoms with Crippen LogP contribution in [0.1, 0.15) is 5.56 Å². The number of nitrogens with zero attached hydrogens (tertiary/aromatic N) is 1. The minimum Gasteiger partial charge on any atom is -0.324 e. The molecular formula is C8H7NO2. The van der Waals surface area contributed by atoms with Crippen molar-refractivity contribution in [2.45, 2.75) is 6.42 Å². The average Bonchev–Trinajstić information content (AvgIpc) is 2.46. The maximum Gasteiger partial charge on any atom is 0.236 e. The van der Waals surface area contributed by atoms with Crippen LogP contribution in [0.4, 0.5) is 5.69 Å². The summed E-state index contributed by atoms with van der Waals surface area (Å²) in [6.45, 7) is 0. The molecular weight excluding hydrogens is 142 g/mol. The van der Waals surface area contributed by atoms with Crippen molar-refractivity contribution < 1.29 is 10.1 Å². The summed E-state index contributed by atoms with van der Waals surface area (Å²) >= 11 is 0. The lowest BCUT2D eigenvalue weighted by Gasteiger charge is -1.91. The van der Waals surface area contributed by atoms with Crippen molar-refractivity contribution in [3.05, 3.63) is 29.8 Å². The van der Waals surface area contributed by atoms with Crippen molar-refractivity contribution in [2.75, 3.05) is 0 Å². The van der Waals surface area contributed by atoms with E-state index in [9.17, 15) is 0 Å². The molecule has 0 unspecified atom stereocenters. The van der Waals surface area contributed by atoms with Gasteiger partial charge >= 0.3 is 0 Å². The molecule has 0 radical (unpaired) electrons. The predicted molar refractivity (Wildman–Crippen MR) is 41.0 cm³/mol. The Bertz CT molecular complexity index is 307. The minimum absolute atomic E-state index is 0.367. The Morgan fingerprint density at radius 2 is 2.18 bits per heavy atom. The number of rotatable bonds is 0. The van der Waals surface area contributed by atoms with E-state index in [0.29, 0.717) is 12.3 Å². The quantitative estimate of drug-likeness (QED) is 0.451. The third-order valence-corrected chi connectivity index (χ3v) is 1.68. The van der Waals surface area contributed by atoms with Gasteiger partial charge < -0.3 is 4.89 Å². The highest BCUT2D eigenvalue weighted by Crippen LogP contribution is 2.25. The van der Waals surface area contributed by atoms with Gasteiger partial charge in [0.1, 0.15) is 0 Å². The summed E-state index contributed by atoms with van der Waals surface area (Å²) in [4.78, 5) is 8.06. The minimum atomic E-state index is 0.367. The van der Waals surface area contributed by atoms with Crippen LogP contribution in [-0.2, 0) is 11.3 Å². The van der Waals surface area contributed by atoms with E-state index in [2.05, 4.69) is 9.88 Å². The lowest BCUT2D eigenvalue weighted by Crippen LogP contribution is -1.99. The number of hydrogen-bond acceptors (Lipinski definition) is 3. The summed E-state index contributed by atoms with van der Waals surface area (Å²) in [7, 11) is 0. The van der Waals surface area contributed by atoms with Crippen molar-refractivity contribution in [3.63, 3.8) is 0 Å². The normalized spacial score (nSPS) is 14.1. The molecule has 0 bridgehead atoms. The SMILES string of the molecule is OOC1=Nc2ccccc2C1. The number of para-hydroxylation sites is 1. The molecule has 0 fully saturated rings. The molecule has 11 heavy (non-hydrogen) atoms. The summed E-state index contributed by atoms with van der Waals surface area (Å²) in [5.74, 6) is 0.367. The van der Waals surface area contributed by atoms with Gasteiger partial charge in [-0.2, -0.15) is 0 Å². The molecule has 0 spiro atoms. The first-order valence-corrected chi connectivity index (χ1v) is 3.37. The highest BCUT2D eigenvalue weighted by Gasteiger charge is 2.14. The van der Waals surface area contributed by atoms with Gasteiger partial charge in [0.2, 0.25) is 5.90 Å². The van der Waals surface area contributed by atoms with Crippen LogP contribution in [0.5, 0.6) is 0 Å². The Morgan fingerprint density at radius 3 is 2.91 bits per heavy atom. The number of benzene rings is 1. The second kappa shape index (κ2) is 2.36. The zero-order valence-electron chi connectivity index (χ0n) is 5.82. The highest BCUT2D eigenvalue weighted by atomic mass is 17.1. The molecule has 2 rings (SSSR count). The number of aliphatic imine (C=N–C) groups is 1. The fourth-order valence-corrected chi connectivity index (χ4v) is 1.16. The highest BCUT2D eigenvalue weighted by molar-refractivity contribution is 5.87. The van der Waals surface area contributed by atoms with E-state index in [1.54, 1.807) is 0 Å². The predicted octanol–water partition coefficient (Wildman–Crippen LogP) is 1.76. The number of hydrogen-bond donors (Lipinski definition) is 1. The van der Waals surface area contributed by atoms with Crippen LogP contribution in [0.3, 0.4) is 0 Å². The molecule has 1 aromatic rings. The summed E-state index contributed by atoms with van der Waals surface area (Å²) < 4.78 is 0. The Labute approximate surface area is 63.9 Å². The Kier molecular flexibility index (Phi) is 1.36. The van der Waals surface area contributed by atoms with Crippen LogP contribution in [0.25, 0.3) is 0 Å². The Morgan fingerprint density at radius 1 is 1.36 bits per heavy atom. The molecule has 1 heterocycles. The lowest BCUT2D eigenvalue weighted by molar-refractivity contribution is -0.156. The molecule has 0 saturated heterocycles. The molecule has 3 heteroatoms. The fraction of sp³-hybridized carbons (Fsp3) is 0.125. The molecule has 1 aliphatic heterocycles. The van der Waals surface area contributed by atoms with Crippen molar-refractivity contribution >= 4 is 11.6 Å². The van der Waals surface area contributed by atoms with Gasteiger partial charge in [0.25, 0.3) is 0 Å². The van der Waals surface area contributed by atoms with Gasteiger partial charge in [-0.15, -0.1) is 0 Å². The van der Waals surface area contributed by atoms with E-state index in [1.165, 1.54) is 0 Å². The fourth-order valence-electron chi connectivity index (χ4n) is 1.16. The summed E-state index contributed by atoms with van der Waals surface area (Å²) in [6, 6.07) is 7.70. The summed E-state index contributed by atoms with van der Waals surface area (Å²) in [5.41, 5.74) is 1.98. The van der Waals surface area contributed by atoms with Crippen molar-refractivity contribution in [1.29, 1.82) is 0 Å². The number of fused-ring (bicyclic) bond motifs is 1. The van der Waals surface area contributed by atoms with Crippen LogP contribution < -0.4 is 0 Å². The van der Waals surface area contributed by atoms with Crippen molar-refractivity contribution in [1.82, 2.24) is 0 Å². The Balaban J connectivity index is 2.39. The summed E-state index contributed by atoms with van der Waals surface area (Å²) in [5, 5.41) is 8.31. The maximum absolute atomic E-state index is 8.31. The van der Waals surface area contributed by atoms with Crippen LogP contribution in [-0.4, -0.2) is 11.2 Å². The van der Waals surface area contributed by atoms with Gasteiger partial charge in [-0.25, -0.2) is 10.2 Å². The van der Waals surface area contributed by atoms with E-state index in [-0.39, 0.29) is 0 Å². The molecule has 0 aliphatic carbocycles. The Hall–Kier alpha value is -1.35. The molecule has 3 nitrogen and oxygen atoms in total. The second-order valence-electron chi connectivity index (χ2n) is 2.40. The van der Waals surface area contributed by atoms with Crippen LogP contribution in [0, 0.1) is 0 Å². The molecule has 0 atom stereocenters. The third kappa shape index (κ3) is 0.991. The third-order valence-electron chi connectivity index (χ3n) is 1.68. The van der Waals surface area contributed by atoms with Gasteiger partial charge in [0, 0.05) is 0 Å². The standard InChI is InChI=1S/C8H7NO2/c10-11-8-5-6-3-1-2-4-7(6)9-8/h1-4,10H,5H2. The smallest absolute Gasteiger partial charge is 0.236 e. The van der Waals surface area contributed by atoms with Gasteiger partial charge in [-0.1, -0.05) is 18.2 Å². The first kappa shape index (κ1) is 6.37. The summed E-state index contributed by atoms with van der Waals surface area (Å²) in [6.07, 6.45) is 0.590. The molecule has 0 aromatic heterocycles. The zero-order chi connectivity index (χ0) is 7.68. The van der Waals surface area contributed by atoms with Gasteiger partial charge in [0.05, 0.1) is 12.1 Å². The van der Waals surface area contributed by atoms with Gasteiger partial charge in [-0.3, -0.25) is 0 Å². The molecule has 1 aromatic carbocycles. The van der Waals surface area contributed by atoms with E-state index in [4.69, 9.17) is 5.26 Å². The second-order valence-corrected chi connectivity index (χ2v) is 2.40. The monoisotopic (exact) mass is 149 g/mol. The van der Waals surface area contributed by atoms with Gasteiger partial charge in [-0.05, 0) is 11.6 Å². The first-order valence-electron chi connectivity index (χ1n) is 3.37. The van der Waals surface area contributed by atoms with E-state index >= 15 is 0 Å². The van der Waals surface area contributed by atoms with Crippen LogP contribution in [0.15, 0.2) is 29.3 Å². The zero-order valence-corrected chi connectivity index (χ0v) is 5.82. The van der Waals surface area contributed by atoms with E-state index < -0.39 is 0 Å². The van der Waals surface area contributed by atoms with Gasteiger partial charge in [0.15, 0.2) is 0 Å². The molecule has 1 N–H and O–H groups in total. The average molecular weight is 149 g/mol. The lowest BCUT2D eigenvalue weighted by atomic mass is 10.1. The molecule has 1 aliphatic rings. The van der Waals surface area contributed by atoms with E-state index in [0.717, 1.165) is 11.3 Å². The maximum atomic E-state index is 8.31. The van der Waals surface area contributed by atoms with Crippen LogP contribution >= 0.6 is 0 Å². The molecule has 0 saturated carbocycles. The molecule has 0 amide bonds. The van der Waals surface area contributed by atoms with Crippen LogP contribution in [0.2, 0.25) is 0 Å². The largest absolute Gasteiger partial charge is 0.324 e. The molecule has 56 valence electrons.